The van der Waals surface area contributed by atoms with E-state index in [1.54, 1.807) is 19.1 Å². The Balaban J connectivity index is 1.37. The van der Waals surface area contributed by atoms with Crippen LogP contribution in [0.25, 0.3) is 22.4 Å². The molecule has 1 saturated heterocycles. The van der Waals surface area contributed by atoms with Crippen molar-refractivity contribution in [3.8, 4) is 11.3 Å². The average molecular weight is 449 g/mol. The minimum absolute atomic E-state index is 0.266. The third kappa shape index (κ3) is 4.07. The van der Waals surface area contributed by atoms with Gasteiger partial charge in [0, 0.05) is 12.0 Å². The molecule has 5 rings (SSSR count). The Labute approximate surface area is 188 Å². The number of anilines is 2. The van der Waals surface area contributed by atoms with Gasteiger partial charge in [-0.25, -0.2) is 9.78 Å². The summed E-state index contributed by atoms with van der Waals surface area (Å²) in [5.41, 5.74) is 3.60. The smallest absolute Gasteiger partial charge is 0.323 e. The highest BCUT2D eigenvalue weighted by Gasteiger charge is 2.36. The van der Waals surface area contributed by atoms with Gasteiger partial charge in [-0.2, -0.15) is 0 Å². The van der Waals surface area contributed by atoms with Crippen molar-refractivity contribution in [2.24, 2.45) is 0 Å². The number of H-pyrrole nitrogens is 1. The number of aliphatic hydroxyl groups excluding tert-OH is 2. The van der Waals surface area contributed by atoms with E-state index in [9.17, 15) is 15.0 Å². The van der Waals surface area contributed by atoms with Crippen molar-refractivity contribution in [1.82, 2.24) is 15.1 Å². The number of urea groups is 1. The molecule has 0 saturated carbocycles. The molecule has 5 N–H and O–H groups in total. The molecule has 3 heterocycles. The first-order chi connectivity index (χ1) is 16.0. The van der Waals surface area contributed by atoms with Crippen LogP contribution < -0.4 is 10.6 Å². The summed E-state index contributed by atoms with van der Waals surface area (Å²) in [6.07, 6.45) is -1.55. The van der Waals surface area contributed by atoms with E-state index in [0.29, 0.717) is 46.1 Å². The molecule has 3 atom stereocenters. The summed E-state index contributed by atoms with van der Waals surface area (Å²) in [4.78, 5) is 20.6. The van der Waals surface area contributed by atoms with Crippen LogP contribution in [0.4, 0.5) is 16.2 Å². The van der Waals surface area contributed by atoms with Crippen LogP contribution in [0.2, 0.25) is 0 Å². The second-order valence-corrected chi connectivity index (χ2v) is 7.89. The normalized spacial score (nSPS) is 20.3. The zero-order chi connectivity index (χ0) is 22.9. The molecule has 2 aromatic carbocycles. The van der Waals surface area contributed by atoms with Crippen LogP contribution in [-0.4, -0.2) is 50.2 Å². The van der Waals surface area contributed by atoms with E-state index >= 15 is 0 Å². The fourth-order valence-electron chi connectivity index (χ4n) is 3.94. The van der Waals surface area contributed by atoms with E-state index in [1.165, 1.54) is 0 Å². The van der Waals surface area contributed by atoms with Gasteiger partial charge in [0.1, 0.15) is 34.9 Å². The van der Waals surface area contributed by atoms with Gasteiger partial charge < -0.3 is 35.1 Å². The number of carbonyl (C=O) groups is 1. The Bertz CT molecular complexity index is 1290. The van der Waals surface area contributed by atoms with E-state index in [-0.39, 0.29) is 6.61 Å². The molecular formula is C23H23N5O5. The van der Waals surface area contributed by atoms with E-state index < -0.39 is 24.3 Å². The largest absolute Gasteiger partial charge is 0.394 e. The van der Waals surface area contributed by atoms with Crippen molar-refractivity contribution in [1.29, 1.82) is 0 Å². The number of para-hydroxylation sites is 1. The number of fused-ring (bicyclic) bond motifs is 1. The Kier molecular flexibility index (Phi) is 5.55. The van der Waals surface area contributed by atoms with Crippen LogP contribution in [-0.2, 0) is 4.74 Å². The summed E-state index contributed by atoms with van der Waals surface area (Å²) in [6, 6.07) is 14.3. The number of ether oxygens (including phenoxy) is 1. The lowest BCUT2D eigenvalue weighted by atomic mass is 10.1. The molecule has 170 valence electrons. The van der Waals surface area contributed by atoms with Crippen molar-refractivity contribution in [3.05, 3.63) is 60.0 Å². The summed E-state index contributed by atoms with van der Waals surface area (Å²) in [7, 11) is 0. The van der Waals surface area contributed by atoms with Gasteiger partial charge >= 0.3 is 6.03 Å². The number of imidazole rings is 1. The van der Waals surface area contributed by atoms with Gasteiger partial charge in [-0.1, -0.05) is 41.6 Å². The molecule has 1 aliphatic heterocycles. The third-order valence-corrected chi connectivity index (χ3v) is 5.63. The number of rotatable bonds is 5. The van der Waals surface area contributed by atoms with Gasteiger partial charge in [-0.15, -0.1) is 0 Å². The molecule has 33 heavy (non-hydrogen) atoms. The van der Waals surface area contributed by atoms with E-state index in [1.807, 2.05) is 36.4 Å². The fourth-order valence-corrected chi connectivity index (χ4v) is 3.94. The molecule has 0 radical (unpaired) electrons. The Morgan fingerprint density at radius 1 is 1.18 bits per heavy atom. The molecule has 2 aromatic heterocycles. The number of carbonyl (C=O) groups excluding carboxylic acids is 1. The van der Waals surface area contributed by atoms with Crippen molar-refractivity contribution < 1.29 is 24.3 Å². The number of aromatic amines is 1. The molecule has 1 fully saturated rings. The molecule has 1 aliphatic rings. The van der Waals surface area contributed by atoms with Crippen molar-refractivity contribution in [3.63, 3.8) is 0 Å². The summed E-state index contributed by atoms with van der Waals surface area (Å²) < 4.78 is 11.1. The van der Waals surface area contributed by atoms with Gasteiger partial charge in [-0.05, 0) is 19.1 Å². The maximum Gasteiger partial charge on any atom is 0.323 e. The number of benzene rings is 2. The van der Waals surface area contributed by atoms with Crippen LogP contribution in [0.1, 0.15) is 24.0 Å². The summed E-state index contributed by atoms with van der Waals surface area (Å²) >= 11 is 0. The first-order valence-electron chi connectivity index (χ1n) is 10.6. The van der Waals surface area contributed by atoms with Gasteiger partial charge in [0.25, 0.3) is 0 Å². The molecule has 0 bridgehead atoms. The molecule has 4 aromatic rings. The molecule has 0 spiro atoms. The summed E-state index contributed by atoms with van der Waals surface area (Å²) in [5.74, 6) is 0.995. The zero-order valence-corrected chi connectivity index (χ0v) is 17.8. The fraction of sp³-hybridized carbons (Fsp3) is 0.261. The molecular weight excluding hydrogens is 426 g/mol. The van der Waals surface area contributed by atoms with E-state index in [0.717, 1.165) is 5.56 Å². The topological polar surface area (TPSA) is 146 Å². The maximum absolute atomic E-state index is 12.8. The number of aryl methyl sites for hydroxylation is 1. The summed E-state index contributed by atoms with van der Waals surface area (Å²) in [5, 5.41) is 29.0. The highest BCUT2D eigenvalue weighted by atomic mass is 16.5. The van der Waals surface area contributed by atoms with Crippen LogP contribution in [0.15, 0.2) is 53.1 Å². The Hall–Kier alpha value is -3.73. The molecule has 2 amide bonds. The minimum atomic E-state index is -0.762. The van der Waals surface area contributed by atoms with Crippen LogP contribution in [0, 0.1) is 6.92 Å². The minimum Gasteiger partial charge on any atom is -0.394 e. The van der Waals surface area contributed by atoms with Crippen molar-refractivity contribution in [2.45, 2.75) is 31.7 Å². The number of amides is 2. The number of nitrogens with one attached hydrogen (secondary N) is 3. The van der Waals surface area contributed by atoms with Gasteiger partial charge in [-0.3, -0.25) is 0 Å². The highest BCUT2D eigenvalue weighted by molar-refractivity contribution is 6.06. The van der Waals surface area contributed by atoms with Gasteiger partial charge in [0.15, 0.2) is 5.76 Å². The zero-order valence-electron chi connectivity index (χ0n) is 17.8. The summed E-state index contributed by atoms with van der Waals surface area (Å²) in [6.45, 7) is 1.49. The standard InChI is InChI=1S/C23H23N5O5/c1-12-19(21(33-28-12)13-6-3-2-4-7-13)27-23(31)25-15-9-5-8-14-20(15)26-22(24-14)17-10-16(30)18(11-29)32-17/h2-9,16-18,29-30H,10-11H2,1H3,(H,24,26)(H2,25,27,31)/t16-,17+,18+/m0/s1. The highest BCUT2D eigenvalue weighted by Crippen LogP contribution is 2.34. The number of aliphatic hydroxyl groups is 2. The number of hydrogen-bond donors (Lipinski definition) is 5. The lowest BCUT2D eigenvalue weighted by Gasteiger charge is -2.10. The van der Waals surface area contributed by atoms with Gasteiger partial charge in [0.2, 0.25) is 0 Å². The maximum atomic E-state index is 12.8. The Morgan fingerprint density at radius 2 is 2.00 bits per heavy atom. The first-order valence-corrected chi connectivity index (χ1v) is 10.6. The second kappa shape index (κ2) is 8.66. The van der Waals surface area contributed by atoms with E-state index in [4.69, 9.17) is 9.26 Å². The predicted molar refractivity (Wildman–Crippen MR) is 121 cm³/mol. The number of hydrogen-bond acceptors (Lipinski definition) is 7. The number of nitrogens with zero attached hydrogens (tertiary/aromatic N) is 2. The molecule has 10 nitrogen and oxygen atoms in total. The van der Waals surface area contributed by atoms with Crippen LogP contribution >= 0.6 is 0 Å². The average Bonchev–Trinajstić information content (AvgIpc) is 3.52. The monoisotopic (exact) mass is 449 g/mol. The molecule has 10 heteroatoms. The number of aromatic nitrogens is 3. The van der Waals surface area contributed by atoms with Crippen LogP contribution in [0.5, 0.6) is 0 Å². The first kappa shape index (κ1) is 21.1. The lowest BCUT2D eigenvalue weighted by molar-refractivity contribution is -0.0244. The lowest BCUT2D eigenvalue weighted by Crippen LogP contribution is -2.24. The van der Waals surface area contributed by atoms with Crippen LogP contribution in [0.3, 0.4) is 0 Å². The molecule has 0 unspecified atom stereocenters. The quantitative estimate of drug-likeness (QED) is 0.314. The third-order valence-electron chi connectivity index (χ3n) is 5.63. The Morgan fingerprint density at radius 3 is 2.76 bits per heavy atom. The van der Waals surface area contributed by atoms with Gasteiger partial charge in [0.05, 0.1) is 23.9 Å². The SMILES string of the molecule is Cc1noc(-c2ccccc2)c1NC(=O)Nc1cccc2[nH]c([C@H]3C[C@H](O)[C@@H](CO)O3)nc12. The van der Waals surface area contributed by atoms with Crippen molar-refractivity contribution in [2.75, 3.05) is 17.2 Å². The van der Waals surface area contributed by atoms with Crippen molar-refractivity contribution >= 4 is 28.4 Å². The molecule has 0 aliphatic carbocycles. The van der Waals surface area contributed by atoms with E-state index in [2.05, 4.69) is 25.8 Å². The second-order valence-electron chi connectivity index (χ2n) is 7.89. The predicted octanol–water partition coefficient (Wildman–Crippen LogP) is 3.35.